The Morgan fingerprint density at radius 3 is 2.81 bits per heavy atom. The van der Waals surface area contributed by atoms with Gasteiger partial charge in [0.2, 0.25) is 0 Å². The van der Waals surface area contributed by atoms with Gasteiger partial charge in [-0.1, -0.05) is 15.9 Å². The van der Waals surface area contributed by atoms with Crippen molar-refractivity contribution in [2.75, 3.05) is 5.32 Å². The highest BCUT2D eigenvalue weighted by Gasteiger charge is 2.02. The lowest BCUT2D eigenvalue weighted by Crippen LogP contribution is -2.05. The fourth-order valence-corrected chi connectivity index (χ4v) is 2.14. The summed E-state index contributed by atoms with van der Waals surface area (Å²) in [7, 11) is 1.94. The second-order valence-electron chi connectivity index (χ2n) is 3.42. The highest BCUT2D eigenvalue weighted by Crippen LogP contribution is 2.26. The molecule has 1 heterocycles. The van der Waals surface area contributed by atoms with E-state index in [1.807, 2.05) is 36.0 Å². The van der Waals surface area contributed by atoms with Crippen molar-refractivity contribution >= 4 is 37.5 Å². The summed E-state index contributed by atoms with van der Waals surface area (Å²) >= 11 is 6.96. The minimum atomic E-state index is 0.756. The van der Waals surface area contributed by atoms with Gasteiger partial charge in [0.15, 0.2) is 0 Å². The number of aryl methyl sites for hydroxylation is 1. The lowest BCUT2D eigenvalue weighted by molar-refractivity contribution is 0.720. The average molecular weight is 345 g/mol. The lowest BCUT2D eigenvalue weighted by Gasteiger charge is -2.09. The molecule has 0 atom stereocenters. The number of halogens is 2. The molecular formula is C11H11Br2N3. The monoisotopic (exact) mass is 343 g/mol. The van der Waals surface area contributed by atoms with Crippen LogP contribution in [0.3, 0.4) is 0 Å². The van der Waals surface area contributed by atoms with Crippen LogP contribution in [0, 0.1) is 0 Å². The molecule has 16 heavy (non-hydrogen) atoms. The van der Waals surface area contributed by atoms with Crippen LogP contribution in [0.4, 0.5) is 5.69 Å². The van der Waals surface area contributed by atoms with Crippen LogP contribution in [-0.4, -0.2) is 9.78 Å². The molecule has 0 fully saturated rings. The Morgan fingerprint density at radius 2 is 2.12 bits per heavy atom. The molecule has 0 saturated carbocycles. The van der Waals surface area contributed by atoms with Gasteiger partial charge in [-0.05, 0) is 40.2 Å². The molecule has 0 spiro atoms. The van der Waals surface area contributed by atoms with E-state index in [4.69, 9.17) is 0 Å². The predicted octanol–water partition coefficient (Wildman–Crippen LogP) is 3.56. The van der Waals surface area contributed by atoms with E-state index in [9.17, 15) is 0 Å². The number of hydrogen-bond acceptors (Lipinski definition) is 2. The number of rotatable bonds is 3. The zero-order chi connectivity index (χ0) is 11.5. The maximum Gasteiger partial charge on any atom is 0.0571 e. The van der Waals surface area contributed by atoms with Crippen LogP contribution >= 0.6 is 31.9 Å². The highest BCUT2D eigenvalue weighted by atomic mass is 79.9. The van der Waals surface area contributed by atoms with Gasteiger partial charge in [0, 0.05) is 27.9 Å². The van der Waals surface area contributed by atoms with Crippen molar-refractivity contribution in [1.29, 1.82) is 0 Å². The van der Waals surface area contributed by atoms with Crippen molar-refractivity contribution in [1.82, 2.24) is 9.78 Å². The van der Waals surface area contributed by atoms with Crippen LogP contribution in [-0.2, 0) is 13.6 Å². The van der Waals surface area contributed by atoms with Crippen LogP contribution in [0.1, 0.15) is 5.69 Å². The zero-order valence-corrected chi connectivity index (χ0v) is 11.9. The van der Waals surface area contributed by atoms with Gasteiger partial charge in [0.25, 0.3) is 0 Å². The fourth-order valence-electron chi connectivity index (χ4n) is 1.39. The Balaban J connectivity index is 2.10. The molecule has 2 rings (SSSR count). The molecule has 1 aromatic heterocycles. The molecule has 0 aliphatic carbocycles. The molecule has 2 aromatic rings. The molecule has 5 heteroatoms. The van der Waals surface area contributed by atoms with Crippen molar-refractivity contribution in [2.24, 2.45) is 7.05 Å². The maximum atomic E-state index is 4.12. The molecular weight excluding hydrogens is 334 g/mol. The predicted molar refractivity (Wildman–Crippen MR) is 72.4 cm³/mol. The molecule has 0 amide bonds. The topological polar surface area (TPSA) is 29.9 Å². The average Bonchev–Trinajstić information content (AvgIpc) is 2.66. The van der Waals surface area contributed by atoms with Crippen LogP contribution in [0.2, 0.25) is 0 Å². The third-order valence-corrected chi connectivity index (χ3v) is 3.50. The van der Waals surface area contributed by atoms with Crippen molar-refractivity contribution in [2.45, 2.75) is 6.54 Å². The Hall–Kier alpha value is -0.810. The van der Waals surface area contributed by atoms with Crippen molar-refractivity contribution in [3.05, 3.63) is 45.1 Å². The van der Waals surface area contributed by atoms with E-state index in [2.05, 4.69) is 42.3 Å². The summed E-state index contributed by atoms with van der Waals surface area (Å²) in [6, 6.07) is 8.05. The molecule has 84 valence electrons. The van der Waals surface area contributed by atoms with Gasteiger partial charge in [-0.15, -0.1) is 0 Å². The first-order valence-electron chi connectivity index (χ1n) is 4.82. The number of nitrogens with one attached hydrogen (secondary N) is 1. The van der Waals surface area contributed by atoms with E-state index < -0.39 is 0 Å². The molecule has 3 nitrogen and oxygen atoms in total. The summed E-state index contributed by atoms with van der Waals surface area (Å²) in [5, 5.41) is 7.48. The van der Waals surface area contributed by atoms with Gasteiger partial charge < -0.3 is 5.32 Å². The highest BCUT2D eigenvalue weighted by molar-refractivity contribution is 9.11. The first kappa shape index (κ1) is 11.7. The molecule has 0 aliphatic rings. The molecule has 0 bridgehead atoms. The Morgan fingerprint density at radius 1 is 1.31 bits per heavy atom. The Kier molecular flexibility index (Phi) is 3.66. The minimum Gasteiger partial charge on any atom is -0.378 e. The van der Waals surface area contributed by atoms with Gasteiger partial charge in [0.1, 0.15) is 0 Å². The second kappa shape index (κ2) is 5.01. The van der Waals surface area contributed by atoms with E-state index in [-0.39, 0.29) is 0 Å². The van der Waals surface area contributed by atoms with Gasteiger partial charge in [-0.25, -0.2) is 0 Å². The van der Waals surface area contributed by atoms with Gasteiger partial charge in [-0.2, -0.15) is 5.10 Å². The molecule has 0 radical (unpaired) electrons. The number of nitrogens with zero attached hydrogens (tertiary/aromatic N) is 2. The quantitative estimate of drug-likeness (QED) is 0.922. The summed E-state index contributed by atoms with van der Waals surface area (Å²) in [6.07, 6.45) is 1.80. The summed E-state index contributed by atoms with van der Waals surface area (Å²) < 4.78 is 3.97. The largest absolute Gasteiger partial charge is 0.378 e. The van der Waals surface area contributed by atoms with Gasteiger partial charge >= 0.3 is 0 Å². The molecule has 1 N–H and O–H groups in total. The molecule has 1 aromatic carbocycles. The SMILES string of the molecule is Cn1nccc1CNc1cc(Br)ccc1Br. The lowest BCUT2D eigenvalue weighted by atomic mass is 10.3. The standard InChI is InChI=1S/C11H11Br2N3/c1-16-9(4-5-15-16)7-14-11-6-8(12)2-3-10(11)13/h2-6,14H,7H2,1H3. The zero-order valence-electron chi connectivity index (χ0n) is 8.74. The number of benzene rings is 1. The third-order valence-electron chi connectivity index (χ3n) is 2.31. The minimum absolute atomic E-state index is 0.756. The summed E-state index contributed by atoms with van der Waals surface area (Å²) in [6.45, 7) is 0.756. The Labute approximate surface area is 111 Å². The van der Waals surface area contributed by atoms with Crippen LogP contribution in [0.25, 0.3) is 0 Å². The van der Waals surface area contributed by atoms with Crippen molar-refractivity contribution < 1.29 is 0 Å². The van der Waals surface area contributed by atoms with E-state index in [0.29, 0.717) is 0 Å². The summed E-state index contributed by atoms with van der Waals surface area (Å²) in [5.41, 5.74) is 2.21. The van der Waals surface area contributed by atoms with Gasteiger partial charge in [0.05, 0.1) is 12.2 Å². The van der Waals surface area contributed by atoms with E-state index in [1.165, 1.54) is 0 Å². The molecule has 0 saturated heterocycles. The third kappa shape index (κ3) is 2.65. The van der Waals surface area contributed by atoms with Crippen molar-refractivity contribution in [3.8, 4) is 0 Å². The van der Waals surface area contributed by atoms with E-state index >= 15 is 0 Å². The van der Waals surface area contributed by atoms with E-state index in [0.717, 1.165) is 26.9 Å². The molecule has 0 unspecified atom stereocenters. The number of aromatic nitrogens is 2. The second-order valence-corrected chi connectivity index (χ2v) is 5.19. The van der Waals surface area contributed by atoms with E-state index in [1.54, 1.807) is 6.20 Å². The first-order valence-corrected chi connectivity index (χ1v) is 6.41. The van der Waals surface area contributed by atoms with Crippen LogP contribution < -0.4 is 5.32 Å². The Bertz CT molecular complexity index is 494. The summed E-state index contributed by atoms with van der Waals surface area (Å²) in [4.78, 5) is 0. The van der Waals surface area contributed by atoms with Crippen LogP contribution in [0.5, 0.6) is 0 Å². The van der Waals surface area contributed by atoms with Crippen LogP contribution in [0.15, 0.2) is 39.4 Å². The van der Waals surface area contributed by atoms with Gasteiger partial charge in [-0.3, -0.25) is 4.68 Å². The normalized spacial score (nSPS) is 10.4. The summed E-state index contributed by atoms with van der Waals surface area (Å²) in [5.74, 6) is 0. The molecule has 0 aliphatic heterocycles. The fraction of sp³-hybridized carbons (Fsp3) is 0.182. The number of anilines is 1. The number of hydrogen-bond donors (Lipinski definition) is 1. The first-order chi connectivity index (χ1) is 7.66. The maximum absolute atomic E-state index is 4.12. The van der Waals surface area contributed by atoms with Crippen molar-refractivity contribution in [3.63, 3.8) is 0 Å². The smallest absolute Gasteiger partial charge is 0.0571 e.